The van der Waals surface area contributed by atoms with Crippen LogP contribution in [0.15, 0.2) is 60.9 Å². The fourth-order valence-corrected chi connectivity index (χ4v) is 3.19. The van der Waals surface area contributed by atoms with E-state index in [2.05, 4.69) is 15.3 Å². The molecule has 0 atom stereocenters. The van der Waals surface area contributed by atoms with Crippen molar-refractivity contribution in [1.29, 1.82) is 0 Å². The van der Waals surface area contributed by atoms with Gasteiger partial charge in [0.25, 0.3) is 5.91 Å². The molecule has 0 saturated carbocycles. The summed E-state index contributed by atoms with van der Waals surface area (Å²) in [4.78, 5) is 24.9. The first-order chi connectivity index (χ1) is 14.1. The highest BCUT2D eigenvalue weighted by Gasteiger charge is 2.21. The molecule has 0 spiro atoms. The monoisotopic (exact) mass is 395 g/mol. The number of amides is 1. The van der Waals surface area contributed by atoms with Crippen molar-refractivity contribution in [3.8, 4) is 0 Å². The number of carbonyl (C=O) groups is 1. The van der Waals surface area contributed by atoms with Crippen LogP contribution >= 0.6 is 0 Å². The van der Waals surface area contributed by atoms with Gasteiger partial charge in [-0.05, 0) is 36.4 Å². The lowest BCUT2D eigenvalue weighted by Crippen LogP contribution is -2.47. The maximum Gasteiger partial charge on any atom is 0.258 e. The molecule has 8 heteroatoms. The van der Waals surface area contributed by atoms with Crippen LogP contribution in [0.2, 0.25) is 0 Å². The SMILES string of the molecule is O=C(Nc1ccc(F)cc1)c1cnc(N2CCN(c3ccccc3F)CC2)nc1. The van der Waals surface area contributed by atoms with E-state index < -0.39 is 0 Å². The molecule has 2 aromatic carbocycles. The van der Waals surface area contributed by atoms with Crippen LogP contribution in [0.4, 0.5) is 26.1 Å². The zero-order valence-electron chi connectivity index (χ0n) is 15.6. The zero-order chi connectivity index (χ0) is 20.2. The predicted octanol–water partition coefficient (Wildman–Crippen LogP) is 3.33. The molecule has 6 nitrogen and oxygen atoms in total. The number of nitrogens with zero attached hydrogens (tertiary/aromatic N) is 4. The number of hydrogen-bond donors (Lipinski definition) is 1. The van der Waals surface area contributed by atoms with Crippen LogP contribution in [0.25, 0.3) is 0 Å². The average Bonchev–Trinajstić information content (AvgIpc) is 2.76. The Labute approximate surface area is 166 Å². The van der Waals surface area contributed by atoms with Gasteiger partial charge in [0, 0.05) is 44.3 Å². The van der Waals surface area contributed by atoms with Crippen molar-refractivity contribution in [2.75, 3.05) is 41.3 Å². The third-order valence-corrected chi connectivity index (χ3v) is 4.76. The van der Waals surface area contributed by atoms with Crippen molar-refractivity contribution in [3.63, 3.8) is 0 Å². The normalized spacial score (nSPS) is 14.0. The molecule has 3 aromatic rings. The van der Waals surface area contributed by atoms with Gasteiger partial charge in [-0.1, -0.05) is 12.1 Å². The molecule has 4 rings (SSSR count). The first-order valence-electron chi connectivity index (χ1n) is 9.23. The molecule has 1 amide bonds. The topological polar surface area (TPSA) is 61.4 Å². The molecule has 0 radical (unpaired) electrons. The largest absolute Gasteiger partial charge is 0.366 e. The van der Waals surface area contributed by atoms with Crippen molar-refractivity contribution < 1.29 is 13.6 Å². The summed E-state index contributed by atoms with van der Waals surface area (Å²) in [5.41, 5.74) is 1.40. The molecule has 1 fully saturated rings. The lowest BCUT2D eigenvalue weighted by atomic mass is 10.2. The van der Waals surface area contributed by atoms with Crippen LogP contribution in [0.1, 0.15) is 10.4 Å². The highest BCUT2D eigenvalue weighted by molar-refractivity contribution is 6.03. The maximum absolute atomic E-state index is 14.0. The van der Waals surface area contributed by atoms with E-state index in [4.69, 9.17) is 0 Å². The van der Waals surface area contributed by atoms with Crippen LogP contribution < -0.4 is 15.1 Å². The van der Waals surface area contributed by atoms with Crippen molar-refractivity contribution in [1.82, 2.24) is 9.97 Å². The number of halogens is 2. The fourth-order valence-electron chi connectivity index (χ4n) is 3.19. The average molecular weight is 395 g/mol. The molecule has 1 aliphatic heterocycles. The summed E-state index contributed by atoms with van der Waals surface area (Å²) in [7, 11) is 0. The molecule has 1 aliphatic rings. The number of anilines is 3. The summed E-state index contributed by atoms with van der Waals surface area (Å²) >= 11 is 0. The second kappa shape index (κ2) is 8.22. The van der Waals surface area contributed by atoms with E-state index in [1.54, 1.807) is 12.1 Å². The second-order valence-electron chi connectivity index (χ2n) is 6.66. The van der Waals surface area contributed by atoms with Gasteiger partial charge >= 0.3 is 0 Å². The summed E-state index contributed by atoms with van der Waals surface area (Å²) in [6.45, 7) is 2.60. The quantitative estimate of drug-likeness (QED) is 0.734. The third kappa shape index (κ3) is 4.31. The lowest BCUT2D eigenvalue weighted by Gasteiger charge is -2.36. The van der Waals surface area contributed by atoms with E-state index in [0.29, 0.717) is 49.1 Å². The van der Waals surface area contributed by atoms with Crippen molar-refractivity contribution in [3.05, 3.63) is 78.1 Å². The number of aromatic nitrogens is 2. The Morgan fingerprint density at radius 2 is 1.48 bits per heavy atom. The molecule has 0 unspecified atom stereocenters. The van der Waals surface area contributed by atoms with Crippen LogP contribution in [-0.4, -0.2) is 42.1 Å². The molecule has 148 valence electrons. The lowest BCUT2D eigenvalue weighted by molar-refractivity contribution is 0.102. The van der Waals surface area contributed by atoms with Gasteiger partial charge in [-0.3, -0.25) is 4.79 Å². The standard InChI is InChI=1S/C21H19F2N5O/c22-16-5-7-17(8-6-16)26-20(29)15-13-24-21(25-14-15)28-11-9-27(10-12-28)19-4-2-1-3-18(19)23/h1-8,13-14H,9-12H2,(H,26,29). The smallest absolute Gasteiger partial charge is 0.258 e. The van der Waals surface area contributed by atoms with Gasteiger partial charge in [0.1, 0.15) is 11.6 Å². The first-order valence-corrected chi connectivity index (χ1v) is 9.23. The van der Waals surface area contributed by atoms with Gasteiger partial charge in [0.2, 0.25) is 5.95 Å². The van der Waals surface area contributed by atoms with Crippen LogP contribution in [-0.2, 0) is 0 Å². The van der Waals surface area contributed by atoms with Crippen molar-refractivity contribution >= 4 is 23.2 Å². The number of para-hydroxylation sites is 1. The highest BCUT2D eigenvalue weighted by Crippen LogP contribution is 2.21. The van der Waals surface area contributed by atoms with Gasteiger partial charge in [0.15, 0.2) is 0 Å². The molecular formula is C21H19F2N5O. The van der Waals surface area contributed by atoms with Crippen LogP contribution in [0, 0.1) is 11.6 Å². The summed E-state index contributed by atoms with van der Waals surface area (Å²) in [6, 6.07) is 12.2. The van der Waals surface area contributed by atoms with Gasteiger partial charge in [-0.2, -0.15) is 0 Å². The van der Waals surface area contributed by atoms with E-state index in [9.17, 15) is 13.6 Å². The molecule has 0 aliphatic carbocycles. The van der Waals surface area contributed by atoms with Gasteiger partial charge in [0.05, 0.1) is 11.3 Å². The molecule has 1 aromatic heterocycles. The van der Waals surface area contributed by atoms with Crippen molar-refractivity contribution in [2.45, 2.75) is 0 Å². The Hall–Kier alpha value is -3.55. The zero-order valence-corrected chi connectivity index (χ0v) is 15.6. The predicted molar refractivity (Wildman–Crippen MR) is 107 cm³/mol. The highest BCUT2D eigenvalue weighted by atomic mass is 19.1. The second-order valence-corrected chi connectivity index (χ2v) is 6.66. The first kappa shape index (κ1) is 18.8. The van der Waals surface area contributed by atoms with Gasteiger partial charge in [-0.15, -0.1) is 0 Å². The van der Waals surface area contributed by atoms with E-state index in [0.717, 1.165) is 0 Å². The van der Waals surface area contributed by atoms with Gasteiger partial charge < -0.3 is 15.1 Å². The molecule has 2 heterocycles. The Kier molecular flexibility index (Phi) is 5.33. The summed E-state index contributed by atoms with van der Waals surface area (Å²) in [6.07, 6.45) is 2.93. The van der Waals surface area contributed by atoms with Gasteiger partial charge in [-0.25, -0.2) is 18.7 Å². The number of hydrogen-bond acceptors (Lipinski definition) is 5. The maximum atomic E-state index is 14.0. The fraction of sp³-hybridized carbons (Fsp3) is 0.190. The Bertz CT molecular complexity index is 987. The molecular weight excluding hydrogens is 376 g/mol. The van der Waals surface area contributed by atoms with E-state index >= 15 is 0 Å². The number of carbonyl (C=O) groups excluding carboxylic acids is 1. The molecule has 29 heavy (non-hydrogen) atoms. The van der Waals surface area contributed by atoms with Crippen LogP contribution in [0.3, 0.4) is 0 Å². The van der Waals surface area contributed by atoms with E-state index in [1.807, 2.05) is 15.9 Å². The van der Waals surface area contributed by atoms with E-state index in [1.165, 1.54) is 42.7 Å². The summed E-state index contributed by atoms with van der Waals surface area (Å²) in [5, 5.41) is 2.67. The third-order valence-electron chi connectivity index (χ3n) is 4.76. The Balaban J connectivity index is 1.36. The molecule has 0 bridgehead atoms. The number of piperazine rings is 1. The molecule has 1 N–H and O–H groups in total. The summed E-state index contributed by atoms with van der Waals surface area (Å²) in [5.74, 6) is -0.441. The van der Waals surface area contributed by atoms with E-state index in [-0.39, 0.29) is 17.5 Å². The number of benzene rings is 2. The minimum absolute atomic E-state index is 0.228. The minimum Gasteiger partial charge on any atom is -0.366 e. The Morgan fingerprint density at radius 3 is 2.14 bits per heavy atom. The number of rotatable bonds is 4. The van der Waals surface area contributed by atoms with Crippen molar-refractivity contribution in [2.24, 2.45) is 0 Å². The summed E-state index contributed by atoms with van der Waals surface area (Å²) < 4.78 is 26.9. The molecule has 1 saturated heterocycles. The minimum atomic E-state index is -0.370. The van der Waals surface area contributed by atoms with Crippen LogP contribution in [0.5, 0.6) is 0 Å². The number of nitrogens with one attached hydrogen (secondary N) is 1. The Morgan fingerprint density at radius 1 is 0.862 bits per heavy atom.